The van der Waals surface area contributed by atoms with Gasteiger partial charge >= 0.3 is 0 Å². The van der Waals surface area contributed by atoms with Gasteiger partial charge in [0.2, 0.25) is 0 Å². The summed E-state index contributed by atoms with van der Waals surface area (Å²) < 4.78 is 11.2. The molecule has 0 aliphatic rings. The average Bonchev–Trinajstić information content (AvgIpc) is 2.96. The van der Waals surface area contributed by atoms with Crippen LogP contribution in [0.4, 0.5) is 0 Å². The number of carbonyl (C=O) groups is 1. The number of nitrogens with one attached hydrogen (secondary N) is 1. The molecule has 126 valence electrons. The number of furan rings is 1. The molecule has 0 aliphatic carbocycles. The third kappa shape index (κ3) is 3.84. The van der Waals surface area contributed by atoms with E-state index in [9.17, 15) is 4.79 Å². The predicted molar refractivity (Wildman–Crippen MR) is 97.8 cm³/mol. The first-order valence-corrected chi connectivity index (χ1v) is 8.17. The first-order valence-electron chi connectivity index (χ1n) is 8.17. The summed E-state index contributed by atoms with van der Waals surface area (Å²) in [7, 11) is 0. The maximum absolute atomic E-state index is 12.4. The molecule has 4 heteroatoms. The second-order valence-electron chi connectivity index (χ2n) is 5.50. The van der Waals surface area contributed by atoms with E-state index >= 15 is 0 Å². The van der Waals surface area contributed by atoms with Crippen LogP contribution in [0.2, 0.25) is 0 Å². The van der Waals surface area contributed by atoms with Crippen molar-refractivity contribution < 1.29 is 13.9 Å². The van der Waals surface area contributed by atoms with Gasteiger partial charge in [-0.3, -0.25) is 4.79 Å². The van der Waals surface area contributed by atoms with Crippen molar-refractivity contribution in [1.82, 2.24) is 5.32 Å². The van der Waals surface area contributed by atoms with Crippen molar-refractivity contribution in [3.8, 4) is 17.6 Å². The zero-order valence-electron chi connectivity index (χ0n) is 14.3. The first-order chi connectivity index (χ1) is 12.2. The molecular weight excluding hydrogens is 314 g/mol. The third-order valence-corrected chi connectivity index (χ3v) is 3.77. The molecule has 0 saturated heterocycles. The van der Waals surface area contributed by atoms with Crippen LogP contribution in [0.5, 0.6) is 5.75 Å². The van der Waals surface area contributed by atoms with Gasteiger partial charge in [-0.1, -0.05) is 30.0 Å². The van der Waals surface area contributed by atoms with Gasteiger partial charge in [0.1, 0.15) is 11.3 Å². The van der Waals surface area contributed by atoms with E-state index in [0.717, 1.165) is 22.3 Å². The Morgan fingerprint density at radius 3 is 2.76 bits per heavy atom. The van der Waals surface area contributed by atoms with Crippen LogP contribution in [-0.4, -0.2) is 19.1 Å². The summed E-state index contributed by atoms with van der Waals surface area (Å²) in [5.41, 5.74) is 2.38. The fraction of sp³-hybridized carbons (Fsp3) is 0.190. The number of fused-ring (bicyclic) bond motifs is 1. The molecule has 0 unspecified atom stereocenters. The van der Waals surface area contributed by atoms with E-state index in [1.54, 1.807) is 0 Å². The molecule has 0 aliphatic heterocycles. The summed E-state index contributed by atoms with van der Waals surface area (Å²) in [5, 5.41) is 3.65. The fourth-order valence-electron chi connectivity index (χ4n) is 2.55. The van der Waals surface area contributed by atoms with E-state index in [0.29, 0.717) is 18.0 Å². The quantitative estimate of drug-likeness (QED) is 0.736. The maximum atomic E-state index is 12.4. The number of amides is 1. The highest BCUT2D eigenvalue weighted by Gasteiger charge is 2.17. The Morgan fingerprint density at radius 1 is 1.20 bits per heavy atom. The number of rotatable bonds is 4. The van der Waals surface area contributed by atoms with Crippen molar-refractivity contribution in [3.63, 3.8) is 0 Å². The molecule has 3 rings (SSSR count). The Kier molecular flexibility index (Phi) is 5.06. The Morgan fingerprint density at radius 2 is 2.00 bits per heavy atom. The summed E-state index contributed by atoms with van der Waals surface area (Å²) in [6.07, 6.45) is 0. The Bertz CT molecular complexity index is 946. The lowest BCUT2D eigenvalue weighted by atomic mass is 10.1. The zero-order chi connectivity index (χ0) is 17.6. The van der Waals surface area contributed by atoms with Crippen LogP contribution in [0.25, 0.3) is 11.0 Å². The molecule has 1 amide bonds. The molecule has 0 radical (unpaired) electrons. The monoisotopic (exact) mass is 333 g/mol. The number of aryl methyl sites for hydroxylation is 1. The lowest BCUT2D eigenvalue weighted by Gasteiger charge is -2.01. The van der Waals surface area contributed by atoms with Crippen LogP contribution in [-0.2, 0) is 0 Å². The van der Waals surface area contributed by atoms with Crippen LogP contribution >= 0.6 is 0 Å². The average molecular weight is 333 g/mol. The molecule has 1 aromatic heterocycles. The highest BCUT2D eigenvalue weighted by Crippen LogP contribution is 2.28. The van der Waals surface area contributed by atoms with E-state index in [2.05, 4.69) is 17.2 Å². The summed E-state index contributed by atoms with van der Waals surface area (Å²) >= 11 is 0. The number of ether oxygens (including phenoxy) is 1. The van der Waals surface area contributed by atoms with Crippen molar-refractivity contribution in [2.75, 3.05) is 13.2 Å². The fourth-order valence-corrected chi connectivity index (χ4v) is 2.55. The molecular formula is C21H19NO3. The Balaban J connectivity index is 1.72. The maximum Gasteiger partial charge on any atom is 0.288 e. The molecule has 0 fully saturated rings. The molecule has 4 nitrogen and oxygen atoms in total. The van der Waals surface area contributed by atoms with Gasteiger partial charge in [0.15, 0.2) is 5.76 Å². The normalized spacial score (nSPS) is 10.2. The summed E-state index contributed by atoms with van der Waals surface area (Å²) in [6, 6.07) is 15.2. The standard InChI is InChI=1S/C21H19NO3/c1-3-24-17-11-12-19-18(14-17)15(2)20(25-19)21(23)22-13-7-10-16-8-5-4-6-9-16/h4-6,8-9,11-12,14H,3,13H2,1-2H3,(H,22,23). The van der Waals surface area contributed by atoms with Crippen molar-refractivity contribution in [2.45, 2.75) is 13.8 Å². The van der Waals surface area contributed by atoms with E-state index in [1.165, 1.54) is 0 Å². The van der Waals surface area contributed by atoms with Gasteiger partial charge in [0.25, 0.3) is 5.91 Å². The van der Waals surface area contributed by atoms with Crippen LogP contribution in [0, 0.1) is 18.8 Å². The first kappa shape index (κ1) is 16.7. The van der Waals surface area contributed by atoms with Crippen LogP contribution < -0.4 is 10.1 Å². The van der Waals surface area contributed by atoms with Gasteiger partial charge in [-0.2, -0.15) is 0 Å². The van der Waals surface area contributed by atoms with Crippen LogP contribution in [0.1, 0.15) is 28.6 Å². The van der Waals surface area contributed by atoms with Gasteiger partial charge in [0.05, 0.1) is 13.2 Å². The number of carbonyl (C=O) groups excluding carboxylic acids is 1. The molecule has 0 atom stereocenters. The van der Waals surface area contributed by atoms with Gasteiger partial charge in [-0.15, -0.1) is 0 Å². The van der Waals surface area contributed by atoms with Gasteiger partial charge in [-0.25, -0.2) is 0 Å². The highest BCUT2D eigenvalue weighted by molar-refractivity contribution is 5.99. The van der Waals surface area contributed by atoms with Crippen molar-refractivity contribution in [3.05, 3.63) is 65.4 Å². The highest BCUT2D eigenvalue weighted by atomic mass is 16.5. The van der Waals surface area contributed by atoms with E-state index in [4.69, 9.17) is 9.15 Å². The minimum atomic E-state index is -0.269. The molecule has 3 aromatic rings. The zero-order valence-corrected chi connectivity index (χ0v) is 14.3. The van der Waals surface area contributed by atoms with Crippen molar-refractivity contribution in [1.29, 1.82) is 0 Å². The van der Waals surface area contributed by atoms with Gasteiger partial charge in [0, 0.05) is 16.5 Å². The lowest BCUT2D eigenvalue weighted by molar-refractivity contribution is 0.0932. The van der Waals surface area contributed by atoms with Gasteiger partial charge in [-0.05, 0) is 44.2 Å². The molecule has 2 aromatic carbocycles. The molecule has 0 spiro atoms. The molecule has 1 N–H and O–H groups in total. The third-order valence-electron chi connectivity index (χ3n) is 3.77. The number of benzene rings is 2. The molecule has 0 bridgehead atoms. The van der Waals surface area contributed by atoms with Crippen molar-refractivity contribution in [2.24, 2.45) is 0 Å². The van der Waals surface area contributed by atoms with E-state index in [-0.39, 0.29) is 12.5 Å². The minimum Gasteiger partial charge on any atom is -0.494 e. The predicted octanol–water partition coefficient (Wildman–Crippen LogP) is 3.92. The SMILES string of the molecule is CCOc1ccc2oc(C(=O)NCC#Cc3ccccc3)c(C)c2c1. The molecule has 1 heterocycles. The van der Waals surface area contributed by atoms with Gasteiger partial charge < -0.3 is 14.5 Å². The largest absolute Gasteiger partial charge is 0.494 e. The van der Waals surface area contributed by atoms with E-state index < -0.39 is 0 Å². The smallest absolute Gasteiger partial charge is 0.288 e. The Labute approximate surface area is 146 Å². The van der Waals surface area contributed by atoms with Crippen LogP contribution in [0.15, 0.2) is 52.9 Å². The second-order valence-corrected chi connectivity index (χ2v) is 5.50. The van der Waals surface area contributed by atoms with Crippen LogP contribution in [0.3, 0.4) is 0 Å². The summed E-state index contributed by atoms with van der Waals surface area (Å²) in [6.45, 7) is 4.65. The molecule has 25 heavy (non-hydrogen) atoms. The number of hydrogen-bond donors (Lipinski definition) is 1. The second kappa shape index (κ2) is 7.59. The van der Waals surface area contributed by atoms with E-state index in [1.807, 2.05) is 62.4 Å². The Hall–Kier alpha value is -3.19. The minimum absolute atomic E-state index is 0.258. The topological polar surface area (TPSA) is 51.5 Å². The summed E-state index contributed by atoms with van der Waals surface area (Å²) in [4.78, 5) is 12.4. The van der Waals surface area contributed by atoms with Crippen molar-refractivity contribution >= 4 is 16.9 Å². The molecule has 0 saturated carbocycles. The lowest BCUT2D eigenvalue weighted by Crippen LogP contribution is -2.23. The number of hydrogen-bond acceptors (Lipinski definition) is 3. The summed E-state index contributed by atoms with van der Waals surface area (Å²) in [5.74, 6) is 6.74.